The highest BCUT2D eigenvalue weighted by Gasteiger charge is 2.39. The minimum Gasteiger partial charge on any atom is -0.497 e. The van der Waals surface area contributed by atoms with Gasteiger partial charge < -0.3 is 15.4 Å². The van der Waals surface area contributed by atoms with Crippen molar-refractivity contribution in [1.82, 2.24) is 15.6 Å². The molecule has 96 valence electrons. The molecule has 5 heteroatoms. The van der Waals surface area contributed by atoms with Gasteiger partial charge in [-0.1, -0.05) is 0 Å². The number of methoxy groups -OCH3 is 1. The van der Waals surface area contributed by atoms with E-state index in [9.17, 15) is 4.79 Å². The Hall–Kier alpha value is -1.62. The van der Waals surface area contributed by atoms with E-state index < -0.39 is 0 Å². The number of hydrogen-bond acceptors (Lipinski definition) is 4. The number of carbonyl (C=O) groups excluding carboxylic acids is 1. The average molecular weight is 247 g/mol. The quantitative estimate of drug-likeness (QED) is 0.826. The van der Waals surface area contributed by atoms with Gasteiger partial charge in [0, 0.05) is 30.4 Å². The zero-order chi connectivity index (χ0) is 12.5. The molecule has 18 heavy (non-hydrogen) atoms. The highest BCUT2D eigenvalue weighted by molar-refractivity contribution is 5.92. The average Bonchev–Trinajstić information content (AvgIpc) is 3.01. The summed E-state index contributed by atoms with van der Waals surface area (Å²) in [6, 6.07) is 4.65. The summed E-state index contributed by atoms with van der Waals surface area (Å²) in [5.74, 6) is 0.537. The Bertz CT molecular complexity index is 463. The van der Waals surface area contributed by atoms with Crippen molar-refractivity contribution in [1.29, 1.82) is 0 Å². The third-order valence-electron chi connectivity index (χ3n) is 3.82. The Labute approximate surface area is 106 Å². The topological polar surface area (TPSA) is 63.2 Å². The first kappa shape index (κ1) is 11.5. The largest absolute Gasteiger partial charge is 0.497 e. The van der Waals surface area contributed by atoms with E-state index >= 15 is 0 Å². The highest BCUT2D eigenvalue weighted by Crippen LogP contribution is 2.28. The minimum absolute atomic E-state index is 0.117. The number of nitrogens with zero attached hydrogens (tertiary/aromatic N) is 1. The number of amides is 1. The Morgan fingerprint density at radius 2 is 2.44 bits per heavy atom. The second-order valence-electron chi connectivity index (χ2n) is 4.94. The molecule has 0 unspecified atom stereocenters. The molecule has 0 radical (unpaired) electrons. The normalized spacial score (nSPS) is 29.3. The van der Waals surface area contributed by atoms with Gasteiger partial charge >= 0.3 is 0 Å². The molecule has 1 aromatic rings. The molecule has 2 aliphatic heterocycles. The van der Waals surface area contributed by atoms with E-state index in [4.69, 9.17) is 4.74 Å². The summed E-state index contributed by atoms with van der Waals surface area (Å²) in [4.78, 5) is 16.2. The maximum absolute atomic E-state index is 12.1. The first-order valence-corrected chi connectivity index (χ1v) is 6.33. The smallest absolute Gasteiger partial charge is 0.270 e. The van der Waals surface area contributed by atoms with Crippen LogP contribution in [-0.4, -0.2) is 36.1 Å². The standard InChI is InChI=1S/C13H17N3O2/c1-18-9-4-5-14-12(7-9)13(17)16-11-6-8-2-3-10(11)15-8/h4-5,7-8,10-11,15H,2-3,6H2,1H3,(H,16,17)/t8-,10+,11-/m1/s1. The van der Waals surface area contributed by atoms with Crippen LogP contribution in [0, 0.1) is 0 Å². The molecule has 2 N–H and O–H groups in total. The van der Waals surface area contributed by atoms with Crippen molar-refractivity contribution in [3.63, 3.8) is 0 Å². The molecule has 2 bridgehead atoms. The molecule has 3 atom stereocenters. The van der Waals surface area contributed by atoms with Gasteiger partial charge in [0.1, 0.15) is 11.4 Å². The lowest BCUT2D eigenvalue weighted by Gasteiger charge is -2.21. The maximum atomic E-state index is 12.1. The first-order valence-electron chi connectivity index (χ1n) is 6.33. The van der Waals surface area contributed by atoms with Gasteiger partial charge in [0.15, 0.2) is 0 Å². The molecule has 2 fully saturated rings. The van der Waals surface area contributed by atoms with Gasteiger partial charge in [0.05, 0.1) is 7.11 Å². The second-order valence-corrected chi connectivity index (χ2v) is 4.94. The van der Waals surface area contributed by atoms with E-state index in [0.717, 1.165) is 12.8 Å². The number of ether oxygens (including phenoxy) is 1. The minimum atomic E-state index is -0.117. The number of pyridine rings is 1. The van der Waals surface area contributed by atoms with Crippen molar-refractivity contribution in [2.75, 3.05) is 7.11 Å². The van der Waals surface area contributed by atoms with Crippen LogP contribution in [0.25, 0.3) is 0 Å². The third kappa shape index (κ3) is 2.06. The molecule has 2 aliphatic rings. The fourth-order valence-corrected chi connectivity index (χ4v) is 2.89. The number of hydrogen-bond donors (Lipinski definition) is 2. The Morgan fingerprint density at radius 3 is 3.11 bits per heavy atom. The second kappa shape index (κ2) is 4.57. The molecule has 3 heterocycles. The van der Waals surface area contributed by atoms with Crippen LogP contribution in [0.15, 0.2) is 18.3 Å². The Morgan fingerprint density at radius 1 is 1.56 bits per heavy atom. The van der Waals surface area contributed by atoms with Crippen LogP contribution in [0.5, 0.6) is 5.75 Å². The first-order chi connectivity index (χ1) is 8.76. The van der Waals surface area contributed by atoms with Crippen LogP contribution in [-0.2, 0) is 0 Å². The molecular weight excluding hydrogens is 230 g/mol. The van der Waals surface area contributed by atoms with Gasteiger partial charge in [-0.2, -0.15) is 0 Å². The van der Waals surface area contributed by atoms with E-state index in [-0.39, 0.29) is 11.9 Å². The third-order valence-corrected chi connectivity index (χ3v) is 3.82. The molecular formula is C13H17N3O2. The lowest BCUT2D eigenvalue weighted by Crippen LogP contribution is -2.43. The molecule has 1 amide bonds. The number of nitrogens with one attached hydrogen (secondary N) is 2. The summed E-state index contributed by atoms with van der Waals surface area (Å²) >= 11 is 0. The molecule has 0 aromatic carbocycles. The molecule has 0 spiro atoms. The van der Waals surface area contributed by atoms with Crippen molar-refractivity contribution in [2.45, 2.75) is 37.4 Å². The van der Waals surface area contributed by atoms with Crippen LogP contribution in [0.3, 0.4) is 0 Å². The van der Waals surface area contributed by atoms with E-state index in [1.165, 1.54) is 6.42 Å². The van der Waals surface area contributed by atoms with Crippen molar-refractivity contribution in [2.24, 2.45) is 0 Å². The van der Waals surface area contributed by atoms with Gasteiger partial charge in [-0.3, -0.25) is 9.78 Å². The van der Waals surface area contributed by atoms with Gasteiger partial charge in [-0.25, -0.2) is 0 Å². The van der Waals surface area contributed by atoms with E-state index in [0.29, 0.717) is 23.5 Å². The van der Waals surface area contributed by atoms with Crippen molar-refractivity contribution >= 4 is 5.91 Å². The van der Waals surface area contributed by atoms with Crippen molar-refractivity contribution < 1.29 is 9.53 Å². The molecule has 3 rings (SSSR count). The van der Waals surface area contributed by atoms with Crippen LogP contribution in [0.2, 0.25) is 0 Å². The summed E-state index contributed by atoms with van der Waals surface area (Å²) in [5, 5.41) is 6.56. The molecule has 0 aliphatic carbocycles. The Kier molecular flexibility index (Phi) is 2.91. The predicted octanol–water partition coefficient (Wildman–Crippen LogP) is 0.713. The maximum Gasteiger partial charge on any atom is 0.270 e. The highest BCUT2D eigenvalue weighted by atomic mass is 16.5. The summed E-state index contributed by atoms with van der Waals surface area (Å²) in [7, 11) is 1.58. The summed E-state index contributed by atoms with van der Waals surface area (Å²) in [6.07, 6.45) is 5.00. The fourth-order valence-electron chi connectivity index (χ4n) is 2.89. The lowest BCUT2D eigenvalue weighted by molar-refractivity contribution is 0.0925. The van der Waals surface area contributed by atoms with Crippen molar-refractivity contribution in [3.05, 3.63) is 24.0 Å². The summed E-state index contributed by atoms with van der Waals surface area (Å²) < 4.78 is 5.09. The van der Waals surface area contributed by atoms with Crippen LogP contribution in [0.1, 0.15) is 29.8 Å². The lowest BCUT2D eigenvalue weighted by atomic mass is 9.95. The zero-order valence-electron chi connectivity index (χ0n) is 10.3. The van der Waals surface area contributed by atoms with Crippen molar-refractivity contribution in [3.8, 4) is 5.75 Å². The Balaban J connectivity index is 1.67. The summed E-state index contributed by atoms with van der Waals surface area (Å²) in [5.41, 5.74) is 0.414. The predicted molar refractivity (Wildman–Crippen MR) is 66.6 cm³/mol. The van der Waals surface area contributed by atoms with Crippen LogP contribution >= 0.6 is 0 Å². The van der Waals surface area contributed by atoms with E-state index in [2.05, 4.69) is 15.6 Å². The number of fused-ring (bicyclic) bond motifs is 2. The summed E-state index contributed by atoms with van der Waals surface area (Å²) in [6.45, 7) is 0. The number of rotatable bonds is 3. The van der Waals surface area contributed by atoms with Crippen LogP contribution in [0.4, 0.5) is 0 Å². The van der Waals surface area contributed by atoms with Gasteiger partial charge in [0.2, 0.25) is 0 Å². The van der Waals surface area contributed by atoms with Gasteiger partial charge in [-0.05, 0) is 25.3 Å². The monoisotopic (exact) mass is 247 g/mol. The number of carbonyl (C=O) groups is 1. The van der Waals surface area contributed by atoms with E-state index in [1.807, 2.05) is 0 Å². The zero-order valence-corrected chi connectivity index (χ0v) is 10.3. The molecule has 2 saturated heterocycles. The molecule has 0 saturated carbocycles. The number of aromatic nitrogens is 1. The molecule has 5 nitrogen and oxygen atoms in total. The SMILES string of the molecule is COc1ccnc(C(=O)N[C@@H]2C[C@H]3CC[C@@H]2N3)c1. The fraction of sp³-hybridized carbons (Fsp3) is 0.538. The van der Waals surface area contributed by atoms with Gasteiger partial charge in [0.25, 0.3) is 5.91 Å². The van der Waals surface area contributed by atoms with Gasteiger partial charge in [-0.15, -0.1) is 0 Å². The molecule has 1 aromatic heterocycles. The van der Waals surface area contributed by atoms with Crippen LogP contribution < -0.4 is 15.4 Å². The van der Waals surface area contributed by atoms with E-state index in [1.54, 1.807) is 25.4 Å².